The van der Waals surface area contributed by atoms with Crippen LogP contribution in [0.3, 0.4) is 0 Å². The number of furan rings is 1. The van der Waals surface area contributed by atoms with Crippen LogP contribution in [0, 0.1) is 0 Å². The number of rotatable bonds is 6. The molecule has 0 N–H and O–H groups in total. The van der Waals surface area contributed by atoms with E-state index in [1.165, 1.54) is 12.7 Å². The zero-order chi connectivity index (χ0) is 17.9. The Kier molecular flexibility index (Phi) is 4.57. The number of oxazole rings is 1. The molecule has 8 heteroatoms. The Bertz CT molecular complexity index is 868. The third-order valence-electron chi connectivity index (χ3n) is 4.55. The highest BCUT2D eigenvalue weighted by Gasteiger charge is 2.30. The molecule has 4 heterocycles. The van der Waals surface area contributed by atoms with E-state index in [2.05, 4.69) is 4.98 Å². The molecule has 4 rings (SSSR count). The molecular formula is C18H20N4O4. The van der Waals surface area contributed by atoms with Crippen LogP contribution in [0.4, 0.5) is 0 Å². The van der Waals surface area contributed by atoms with Crippen molar-refractivity contribution in [3.8, 4) is 11.4 Å². The molecule has 1 aliphatic rings. The molecule has 0 saturated carbocycles. The number of aromatic nitrogens is 3. The third-order valence-corrected chi connectivity index (χ3v) is 4.55. The van der Waals surface area contributed by atoms with E-state index in [0.717, 1.165) is 36.3 Å². The second kappa shape index (κ2) is 7.17. The maximum absolute atomic E-state index is 12.6. The maximum Gasteiger partial charge on any atom is 0.289 e. The Labute approximate surface area is 150 Å². The summed E-state index contributed by atoms with van der Waals surface area (Å²) in [5.41, 5.74) is 3.60. The van der Waals surface area contributed by atoms with E-state index in [1.54, 1.807) is 30.4 Å². The molecule has 0 atom stereocenters. The molecule has 0 aliphatic carbocycles. The average molecular weight is 356 g/mol. The van der Waals surface area contributed by atoms with Crippen molar-refractivity contribution >= 4 is 5.91 Å². The fraction of sp³-hybridized carbons (Fsp3) is 0.389. The number of ether oxygens (including phenoxy) is 1. The van der Waals surface area contributed by atoms with E-state index in [0.29, 0.717) is 31.2 Å². The molecule has 3 aromatic rings. The lowest BCUT2D eigenvalue weighted by Crippen LogP contribution is -2.36. The number of aryl methyl sites for hydroxylation is 1. The van der Waals surface area contributed by atoms with E-state index in [-0.39, 0.29) is 5.91 Å². The summed E-state index contributed by atoms with van der Waals surface area (Å²) in [5, 5.41) is 4.74. The number of carbonyl (C=O) groups excluding carboxylic acids is 1. The van der Waals surface area contributed by atoms with E-state index in [1.807, 2.05) is 4.68 Å². The number of hydrogen-bond acceptors (Lipinski definition) is 6. The van der Waals surface area contributed by atoms with E-state index < -0.39 is 0 Å². The van der Waals surface area contributed by atoms with Crippen LogP contribution >= 0.6 is 0 Å². The highest BCUT2D eigenvalue weighted by Crippen LogP contribution is 2.30. The molecule has 0 radical (unpaired) electrons. The minimum Gasteiger partial charge on any atom is -0.459 e. The maximum atomic E-state index is 12.6. The van der Waals surface area contributed by atoms with Crippen LogP contribution in [0.2, 0.25) is 0 Å². The van der Waals surface area contributed by atoms with Gasteiger partial charge in [-0.3, -0.25) is 9.48 Å². The van der Waals surface area contributed by atoms with Gasteiger partial charge in [-0.2, -0.15) is 5.10 Å². The topological polar surface area (TPSA) is 86.5 Å². The van der Waals surface area contributed by atoms with Gasteiger partial charge in [0.25, 0.3) is 5.91 Å². The lowest BCUT2D eigenvalue weighted by molar-refractivity contribution is 0.0701. The second-order valence-corrected chi connectivity index (χ2v) is 6.17. The van der Waals surface area contributed by atoms with Crippen LogP contribution in [-0.4, -0.2) is 45.8 Å². The molecule has 136 valence electrons. The van der Waals surface area contributed by atoms with Gasteiger partial charge < -0.3 is 18.5 Å². The predicted octanol–water partition coefficient (Wildman–Crippen LogP) is 2.37. The summed E-state index contributed by atoms with van der Waals surface area (Å²) in [6.07, 6.45) is 6.09. The van der Waals surface area contributed by atoms with Gasteiger partial charge >= 0.3 is 0 Å². The zero-order valence-corrected chi connectivity index (χ0v) is 14.6. The van der Waals surface area contributed by atoms with Crippen LogP contribution < -0.4 is 0 Å². The van der Waals surface area contributed by atoms with Crippen LogP contribution in [0.15, 0.2) is 39.9 Å². The molecule has 1 aliphatic heterocycles. The Morgan fingerprint density at radius 2 is 2.35 bits per heavy atom. The van der Waals surface area contributed by atoms with E-state index >= 15 is 0 Å². The monoisotopic (exact) mass is 356 g/mol. The molecule has 0 unspecified atom stereocenters. The molecule has 1 amide bonds. The lowest BCUT2D eigenvalue weighted by Gasteiger charge is -2.27. The summed E-state index contributed by atoms with van der Waals surface area (Å²) >= 11 is 0. The number of methoxy groups -OCH3 is 1. The molecule has 0 fully saturated rings. The summed E-state index contributed by atoms with van der Waals surface area (Å²) < 4.78 is 17.5. The number of nitrogens with zero attached hydrogens (tertiary/aromatic N) is 4. The second-order valence-electron chi connectivity index (χ2n) is 6.17. The Morgan fingerprint density at radius 1 is 1.42 bits per heavy atom. The minimum absolute atomic E-state index is 0.112. The Balaban J connectivity index is 1.64. The molecule has 3 aromatic heterocycles. The van der Waals surface area contributed by atoms with Crippen molar-refractivity contribution in [3.63, 3.8) is 0 Å². The standard InChI is InChI=1S/C18H20N4O4/c1-24-8-3-6-22-15-5-7-21(18(23)16-4-2-9-26-16)10-13(15)17(20-22)14-11-25-12-19-14/h2,4,9,11-12H,3,5-8,10H2,1H3. The van der Waals surface area contributed by atoms with Crippen LogP contribution in [-0.2, 0) is 24.2 Å². The van der Waals surface area contributed by atoms with Gasteiger partial charge in [-0.05, 0) is 18.6 Å². The van der Waals surface area contributed by atoms with Gasteiger partial charge in [0.15, 0.2) is 12.2 Å². The predicted molar refractivity (Wildman–Crippen MR) is 91.4 cm³/mol. The van der Waals surface area contributed by atoms with Crippen molar-refractivity contribution in [1.82, 2.24) is 19.7 Å². The third kappa shape index (κ3) is 3.03. The van der Waals surface area contributed by atoms with Gasteiger partial charge in [0.05, 0.1) is 12.8 Å². The highest BCUT2D eigenvalue weighted by atomic mass is 16.5. The summed E-state index contributed by atoms with van der Waals surface area (Å²) in [4.78, 5) is 18.7. The van der Waals surface area contributed by atoms with Gasteiger partial charge in [0.2, 0.25) is 0 Å². The summed E-state index contributed by atoms with van der Waals surface area (Å²) in [6.45, 7) is 2.54. The van der Waals surface area contributed by atoms with Crippen molar-refractivity contribution in [2.75, 3.05) is 20.3 Å². The first-order valence-corrected chi connectivity index (χ1v) is 8.56. The lowest BCUT2D eigenvalue weighted by atomic mass is 10.0. The summed E-state index contributed by atoms with van der Waals surface area (Å²) in [5.74, 6) is 0.239. The normalized spacial score (nSPS) is 13.8. The Hall–Kier alpha value is -2.87. The molecule has 8 nitrogen and oxygen atoms in total. The van der Waals surface area contributed by atoms with Gasteiger partial charge in [0, 0.05) is 44.5 Å². The van der Waals surface area contributed by atoms with Gasteiger partial charge in [-0.15, -0.1) is 0 Å². The number of carbonyl (C=O) groups is 1. The zero-order valence-electron chi connectivity index (χ0n) is 14.6. The van der Waals surface area contributed by atoms with Gasteiger partial charge in [-0.25, -0.2) is 4.98 Å². The first-order chi connectivity index (χ1) is 12.8. The molecule has 0 saturated heterocycles. The summed E-state index contributed by atoms with van der Waals surface area (Å²) in [6, 6.07) is 3.40. The summed E-state index contributed by atoms with van der Waals surface area (Å²) in [7, 11) is 1.69. The van der Waals surface area contributed by atoms with Gasteiger partial charge in [-0.1, -0.05) is 0 Å². The first kappa shape index (κ1) is 16.6. The van der Waals surface area contributed by atoms with Crippen molar-refractivity contribution < 1.29 is 18.4 Å². The Morgan fingerprint density at radius 3 is 3.08 bits per heavy atom. The van der Waals surface area contributed by atoms with Crippen molar-refractivity contribution in [3.05, 3.63) is 48.1 Å². The first-order valence-electron chi connectivity index (χ1n) is 8.56. The van der Waals surface area contributed by atoms with E-state index in [4.69, 9.17) is 18.7 Å². The smallest absolute Gasteiger partial charge is 0.289 e. The van der Waals surface area contributed by atoms with E-state index in [9.17, 15) is 4.79 Å². The number of fused-ring (bicyclic) bond motifs is 1. The average Bonchev–Trinajstić information content (AvgIpc) is 3.41. The fourth-order valence-electron chi connectivity index (χ4n) is 3.30. The molecule has 0 aromatic carbocycles. The number of amides is 1. The largest absolute Gasteiger partial charge is 0.459 e. The van der Waals surface area contributed by atoms with Gasteiger partial charge in [0.1, 0.15) is 17.7 Å². The SMILES string of the molecule is COCCCn1nc(-c2cocn2)c2c1CCN(C(=O)c1ccco1)C2. The highest BCUT2D eigenvalue weighted by molar-refractivity contribution is 5.91. The van der Waals surface area contributed by atoms with Crippen LogP contribution in [0.1, 0.15) is 28.2 Å². The minimum atomic E-state index is -0.112. The van der Waals surface area contributed by atoms with Crippen molar-refractivity contribution in [2.24, 2.45) is 0 Å². The molecule has 26 heavy (non-hydrogen) atoms. The fourth-order valence-corrected chi connectivity index (χ4v) is 3.30. The molecule has 0 spiro atoms. The quantitative estimate of drug-likeness (QED) is 0.630. The molecule has 0 bridgehead atoms. The van der Waals surface area contributed by atoms with Crippen LogP contribution in [0.25, 0.3) is 11.4 Å². The molecular weight excluding hydrogens is 336 g/mol. The number of hydrogen-bond donors (Lipinski definition) is 0. The van der Waals surface area contributed by atoms with Crippen molar-refractivity contribution in [1.29, 1.82) is 0 Å². The van der Waals surface area contributed by atoms with Crippen LogP contribution in [0.5, 0.6) is 0 Å². The van der Waals surface area contributed by atoms with Crippen molar-refractivity contribution in [2.45, 2.75) is 25.9 Å².